The third kappa shape index (κ3) is 8.46. The van der Waals surface area contributed by atoms with Crippen molar-refractivity contribution in [3.05, 3.63) is 53.4 Å². The van der Waals surface area contributed by atoms with E-state index >= 15 is 0 Å². The summed E-state index contributed by atoms with van der Waals surface area (Å²) in [6.45, 7) is 11.4. The molecule has 6 heteroatoms. The number of Topliss-reactive ketones (excluding diaryl/α,β-unsaturated/α-hetero) is 1. The summed E-state index contributed by atoms with van der Waals surface area (Å²) in [5, 5.41) is 10.8. The van der Waals surface area contributed by atoms with Crippen LogP contribution in [0.1, 0.15) is 72.9 Å². The second-order valence-corrected chi connectivity index (χ2v) is 10.3. The quantitative estimate of drug-likeness (QED) is 0.438. The predicted octanol–water partition coefficient (Wildman–Crippen LogP) is 5.71. The molecule has 6 nitrogen and oxygen atoms in total. The zero-order valence-electron chi connectivity index (χ0n) is 22.2. The third-order valence-corrected chi connectivity index (χ3v) is 6.73. The van der Waals surface area contributed by atoms with Gasteiger partial charge < -0.3 is 14.6 Å². The van der Waals surface area contributed by atoms with E-state index in [1.54, 1.807) is 33.2 Å². The van der Waals surface area contributed by atoms with Crippen molar-refractivity contribution >= 4 is 17.8 Å². The van der Waals surface area contributed by atoms with Crippen LogP contribution in [0.2, 0.25) is 0 Å². The van der Waals surface area contributed by atoms with E-state index in [0.717, 1.165) is 12.0 Å². The molecule has 192 valence electrons. The standard InChI is InChI=1S/C29H41NO5/c1-19-9-8-10-20(2)15-22(4)28(33)29(5,6)26(31)18-27(32)35-25(12-11-19)21(3)16-23-17-24(34-7)13-14-30-23/h8,10-11,13-14,16-17,20,22,25-26,31H,9,12,15,18H2,1-7H3/b10-8+,19-11-,21-16+/t20-,22+,25-,26?/m0/s1. The van der Waals surface area contributed by atoms with E-state index in [4.69, 9.17) is 9.47 Å². The van der Waals surface area contributed by atoms with Crippen LogP contribution in [0.15, 0.2) is 47.7 Å². The first kappa shape index (κ1) is 28.5. The minimum atomic E-state index is -1.13. The number of cyclic esters (lactones) is 1. The number of ether oxygens (including phenoxy) is 2. The van der Waals surface area contributed by atoms with E-state index in [0.29, 0.717) is 24.3 Å². The van der Waals surface area contributed by atoms with Crippen molar-refractivity contribution in [3.63, 3.8) is 0 Å². The lowest BCUT2D eigenvalue weighted by Crippen LogP contribution is -2.42. The smallest absolute Gasteiger partial charge is 0.309 e. The number of carbonyl (C=O) groups excluding carboxylic acids is 2. The summed E-state index contributed by atoms with van der Waals surface area (Å²) in [5.41, 5.74) is 1.63. The Kier molecular flexibility index (Phi) is 10.4. The molecule has 0 bridgehead atoms. The lowest BCUT2D eigenvalue weighted by Gasteiger charge is -2.32. The van der Waals surface area contributed by atoms with Crippen molar-refractivity contribution in [3.8, 4) is 5.75 Å². The summed E-state index contributed by atoms with van der Waals surface area (Å²) in [7, 11) is 1.60. The summed E-state index contributed by atoms with van der Waals surface area (Å²) in [6.07, 6.45) is 9.98. The van der Waals surface area contributed by atoms with Crippen LogP contribution in [0.25, 0.3) is 6.08 Å². The summed E-state index contributed by atoms with van der Waals surface area (Å²) >= 11 is 0. The Hall–Kier alpha value is -2.73. The zero-order valence-corrected chi connectivity index (χ0v) is 22.2. The number of esters is 1. The first-order valence-corrected chi connectivity index (χ1v) is 12.4. The van der Waals surface area contributed by atoms with Crippen LogP contribution >= 0.6 is 0 Å². The number of pyridine rings is 1. The SMILES string of the molecule is COc1ccnc(/C=C(\C)[C@@H]2C/C=C(/C)C/C=C/[C@H](C)C[C@@H](C)C(=O)C(C)(C)C(O)CC(=O)O2)c1. The van der Waals surface area contributed by atoms with Crippen LogP contribution in [-0.2, 0) is 14.3 Å². The average molecular weight is 484 g/mol. The maximum absolute atomic E-state index is 13.1. The zero-order chi connectivity index (χ0) is 26.2. The van der Waals surface area contributed by atoms with Crippen LogP contribution < -0.4 is 4.74 Å². The first-order chi connectivity index (χ1) is 16.4. The van der Waals surface area contributed by atoms with Gasteiger partial charge in [-0.05, 0) is 50.3 Å². The summed E-state index contributed by atoms with van der Waals surface area (Å²) in [4.78, 5) is 30.4. The maximum atomic E-state index is 13.1. The Morgan fingerprint density at radius 1 is 1.29 bits per heavy atom. The van der Waals surface area contributed by atoms with Gasteiger partial charge in [0.2, 0.25) is 0 Å². The lowest BCUT2D eigenvalue weighted by molar-refractivity contribution is -0.153. The number of hydrogen-bond donors (Lipinski definition) is 1. The van der Waals surface area contributed by atoms with Gasteiger partial charge in [0.25, 0.3) is 0 Å². The fourth-order valence-corrected chi connectivity index (χ4v) is 4.33. The van der Waals surface area contributed by atoms with E-state index < -0.39 is 23.6 Å². The largest absolute Gasteiger partial charge is 0.497 e. The molecule has 4 atom stereocenters. The van der Waals surface area contributed by atoms with E-state index in [1.807, 2.05) is 26.0 Å². The molecule has 0 aromatic carbocycles. The number of ketones is 1. The van der Waals surface area contributed by atoms with Crippen molar-refractivity contribution in [1.82, 2.24) is 4.98 Å². The number of allylic oxidation sites excluding steroid dienone is 3. The number of nitrogens with zero attached hydrogens (tertiary/aromatic N) is 1. The summed E-state index contributed by atoms with van der Waals surface area (Å²) in [5.74, 6) is 0.121. The number of hydrogen-bond acceptors (Lipinski definition) is 6. The topological polar surface area (TPSA) is 85.7 Å². The second kappa shape index (κ2) is 12.8. The maximum Gasteiger partial charge on any atom is 0.309 e. The van der Waals surface area contributed by atoms with E-state index in [2.05, 4.69) is 37.1 Å². The Balaban J connectivity index is 2.36. The van der Waals surface area contributed by atoms with Gasteiger partial charge in [-0.3, -0.25) is 14.6 Å². The number of aliphatic hydroxyl groups is 1. The van der Waals surface area contributed by atoms with Gasteiger partial charge in [0.05, 0.1) is 30.7 Å². The van der Waals surface area contributed by atoms with Crippen molar-refractivity contribution < 1.29 is 24.2 Å². The molecule has 0 saturated heterocycles. The second-order valence-electron chi connectivity index (χ2n) is 10.3. The highest BCUT2D eigenvalue weighted by Crippen LogP contribution is 2.31. The van der Waals surface area contributed by atoms with Crippen molar-refractivity contribution in [2.24, 2.45) is 17.3 Å². The van der Waals surface area contributed by atoms with Crippen molar-refractivity contribution in [1.29, 1.82) is 0 Å². The molecule has 0 saturated carbocycles. The molecule has 0 fully saturated rings. The molecule has 1 aromatic heterocycles. The molecule has 1 aliphatic rings. The number of carbonyl (C=O) groups is 2. The molecular weight excluding hydrogens is 442 g/mol. The number of aliphatic hydroxyl groups excluding tert-OH is 1. The predicted molar refractivity (Wildman–Crippen MR) is 139 cm³/mol. The van der Waals surface area contributed by atoms with Crippen LogP contribution in [0.5, 0.6) is 5.75 Å². The molecule has 0 aliphatic carbocycles. The van der Waals surface area contributed by atoms with Gasteiger partial charge in [-0.2, -0.15) is 0 Å². The normalized spacial score (nSPS) is 29.6. The Bertz CT molecular complexity index is 975. The Labute approximate surface area is 210 Å². The highest BCUT2D eigenvalue weighted by molar-refractivity contribution is 5.87. The van der Waals surface area contributed by atoms with E-state index in [-0.39, 0.29) is 24.0 Å². The van der Waals surface area contributed by atoms with Gasteiger partial charge in [-0.25, -0.2) is 0 Å². The molecule has 35 heavy (non-hydrogen) atoms. The number of methoxy groups -OCH3 is 1. The lowest BCUT2D eigenvalue weighted by atomic mass is 9.74. The fraction of sp³-hybridized carbons (Fsp3) is 0.552. The number of aromatic nitrogens is 1. The third-order valence-electron chi connectivity index (χ3n) is 6.73. The van der Waals surface area contributed by atoms with Gasteiger partial charge in [-0.1, -0.05) is 51.5 Å². The molecule has 1 aliphatic heterocycles. The van der Waals surface area contributed by atoms with Crippen LogP contribution in [0, 0.1) is 17.3 Å². The summed E-state index contributed by atoms with van der Waals surface area (Å²) in [6, 6.07) is 3.58. The molecule has 1 aromatic rings. The molecule has 0 spiro atoms. The van der Waals surface area contributed by atoms with Crippen LogP contribution in [0.3, 0.4) is 0 Å². The molecule has 2 heterocycles. The first-order valence-electron chi connectivity index (χ1n) is 12.4. The van der Waals surface area contributed by atoms with Crippen LogP contribution in [-0.4, -0.2) is 41.2 Å². The van der Waals surface area contributed by atoms with Gasteiger partial charge in [0, 0.05) is 24.6 Å². The molecule has 0 amide bonds. The molecule has 1 unspecified atom stereocenters. The minimum absolute atomic E-state index is 0.0436. The monoisotopic (exact) mass is 483 g/mol. The Morgan fingerprint density at radius 3 is 2.69 bits per heavy atom. The summed E-state index contributed by atoms with van der Waals surface area (Å²) < 4.78 is 11.1. The molecule has 0 radical (unpaired) electrons. The molecule has 1 N–H and O–H groups in total. The average Bonchev–Trinajstić information content (AvgIpc) is 2.80. The van der Waals surface area contributed by atoms with Gasteiger partial charge in [-0.15, -0.1) is 0 Å². The van der Waals surface area contributed by atoms with E-state index in [9.17, 15) is 14.7 Å². The van der Waals surface area contributed by atoms with Gasteiger partial charge >= 0.3 is 5.97 Å². The van der Waals surface area contributed by atoms with Crippen molar-refractivity contribution in [2.75, 3.05) is 7.11 Å². The van der Waals surface area contributed by atoms with E-state index in [1.165, 1.54) is 5.57 Å². The molecule has 2 rings (SSSR count). The van der Waals surface area contributed by atoms with Gasteiger partial charge in [0.15, 0.2) is 0 Å². The van der Waals surface area contributed by atoms with Crippen molar-refractivity contribution in [2.45, 2.75) is 79.4 Å². The molecular formula is C29H41NO5. The van der Waals surface area contributed by atoms with Gasteiger partial charge in [0.1, 0.15) is 17.6 Å². The highest BCUT2D eigenvalue weighted by atomic mass is 16.5. The van der Waals surface area contributed by atoms with Crippen LogP contribution in [0.4, 0.5) is 0 Å². The Morgan fingerprint density at radius 2 is 2.00 bits per heavy atom. The number of rotatable bonds is 3. The highest BCUT2D eigenvalue weighted by Gasteiger charge is 2.39. The minimum Gasteiger partial charge on any atom is -0.497 e. The fourth-order valence-electron chi connectivity index (χ4n) is 4.33.